The van der Waals surface area contributed by atoms with Gasteiger partial charge in [-0.3, -0.25) is 4.79 Å². The van der Waals surface area contributed by atoms with E-state index in [0.29, 0.717) is 18.7 Å². The molecule has 1 aliphatic rings. The summed E-state index contributed by atoms with van der Waals surface area (Å²) >= 11 is 0. The molecule has 5 nitrogen and oxygen atoms in total. The Labute approximate surface area is 117 Å². The molecule has 1 amide bonds. The number of rotatable bonds is 3. The van der Waals surface area contributed by atoms with Gasteiger partial charge in [0, 0.05) is 19.2 Å². The topological polar surface area (TPSA) is 61.8 Å². The summed E-state index contributed by atoms with van der Waals surface area (Å²) < 4.78 is 19.5. The van der Waals surface area contributed by atoms with Crippen molar-refractivity contribution in [2.24, 2.45) is 0 Å². The number of carbonyl (C=O) groups excluding carboxylic acids is 1. The molecule has 1 aromatic carbocycles. The standard InChI is InChI=1S/C14H19FN2O3/c1-9(18)10-4-3-5-11(15)13(10)17-6-7-20-8-12(17)14(19)16-2/h3-5,9,12,18H,6-8H2,1-2H3,(H,16,19)/t9-,12?/m1/s1. The maximum Gasteiger partial charge on any atom is 0.244 e. The Hall–Kier alpha value is -1.66. The van der Waals surface area contributed by atoms with Crippen molar-refractivity contribution >= 4 is 11.6 Å². The van der Waals surface area contributed by atoms with Crippen molar-refractivity contribution in [1.82, 2.24) is 5.32 Å². The molecule has 1 aromatic rings. The molecule has 0 radical (unpaired) electrons. The van der Waals surface area contributed by atoms with Crippen LogP contribution < -0.4 is 10.2 Å². The summed E-state index contributed by atoms with van der Waals surface area (Å²) in [5, 5.41) is 12.4. The second-order valence-corrected chi connectivity index (χ2v) is 4.75. The molecule has 0 aromatic heterocycles. The van der Waals surface area contributed by atoms with Crippen LogP contribution in [0.3, 0.4) is 0 Å². The Balaban J connectivity index is 2.44. The zero-order chi connectivity index (χ0) is 14.7. The maximum absolute atomic E-state index is 14.2. The number of likely N-dealkylation sites (N-methyl/N-ethyl adjacent to an activating group) is 1. The number of hydrogen-bond donors (Lipinski definition) is 2. The van der Waals surface area contributed by atoms with Crippen LogP contribution in [0.4, 0.5) is 10.1 Å². The fourth-order valence-corrected chi connectivity index (χ4v) is 2.43. The molecule has 2 N–H and O–H groups in total. The number of aliphatic hydroxyl groups is 1. The van der Waals surface area contributed by atoms with Gasteiger partial charge in [-0.1, -0.05) is 12.1 Å². The fraction of sp³-hybridized carbons (Fsp3) is 0.500. The smallest absolute Gasteiger partial charge is 0.244 e. The monoisotopic (exact) mass is 282 g/mol. The summed E-state index contributed by atoms with van der Waals surface area (Å²) in [6.07, 6.45) is -0.811. The highest BCUT2D eigenvalue weighted by Crippen LogP contribution is 2.31. The van der Waals surface area contributed by atoms with Crippen LogP contribution in [0.25, 0.3) is 0 Å². The van der Waals surface area contributed by atoms with Crippen molar-refractivity contribution in [2.75, 3.05) is 31.7 Å². The molecule has 0 aliphatic carbocycles. The Morgan fingerprint density at radius 1 is 1.60 bits per heavy atom. The van der Waals surface area contributed by atoms with E-state index in [0.717, 1.165) is 0 Å². The van der Waals surface area contributed by atoms with Crippen LogP contribution in [-0.2, 0) is 9.53 Å². The van der Waals surface area contributed by atoms with E-state index >= 15 is 0 Å². The fourth-order valence-electron chi connectivity index (χ4n) is 2.43. The number of carbonyl (C=O) groups is 1. The van der Waals surface area contributed by atoms with E-state index in [1.165, 1.54) is 13.1 Å². The Morgan fingerprint density at radius 3 is 3.00 bits per heavy atom. The van der Waals surface area contributed by atoms with Crippen LogP contribution in [0.15, 0.2) is 18.2 Å². The van der Waals surface area contributed by atoms with E-state index in [-0.39, 0.29) is 18.2 Å². The summed E-state index contributed by atoms with van der Waals surface area (Å²) in [5.41, 5.74) is 0.750. The van der Waals surface area contributed by atoms with Gasteiger partial charge in [-0.25, -0.2) is 4.39 Å². The first-order chi connectivity index (χ1) is 9.56. The Morgan fingerprint density at radius 2 is 2.35 bits per heavy atom. The van der Waals surface area contributed by atoms with Crippen LogP contribution in [0.1, 0.15) is 18.6 Å². The summed E-state index contributed by atoms with van der Waals surface area (Å²) in [5.74, 6) is -0.677. The van der Waals surface area contributed by atoms with Gasteiger partial charge in [-0.15, -0.1) is 0 Å². The van der Waals surface area contributed by atoms with Crippen molar-refractivity contribution < 1.29 is 19.0 Å². The zero-order valence-corrected chi connectivity index (χ0v) is 11.6. The number of para-hydroxylation sites is 1. The number of nitrogens with zero attached hydrogens (tertiary/aromatic N) is 1. The molecule has 1 fully saturated rings. The quantitative estimate of drug-likeness (QED) is 0.862. The number of ether oxygens (including phenoxy) is 1. The minimum absolute atomic E-state index is 0.202. The first-order valence-corrected chi connectivity index (χ1v) is 6.58. The molecule has 110 valence electrons. The van der Waals surface area contributed by atoms with Crippen LogP contribution in [0, 0.1) is 5.82 Å². The van der Waals surface area contributed by atoms with Gasteiger partial charge >= 0.3 is 0 Å². The van der Waals surface area contributed by atoms with Crippen LogP contribution in [0.2, 0.25) is 0 Å². The molecule has 20 heavy (non-hydrogen) atoms. The van der Waals surface area contributed by atoms with Gasteiger partial charge in [-0.2, -0.15) is 0 Å². The first-order valence-electron chi connectivity index (χ1n) is 6.58. The van der Waals surface area contributed by atoms with E-state index in [2.05, 4.69) is 5.32 Å². The van der Waals surface area contributed by atoms with Gasteiger partial charge < -0.3 is 20.1 Å². The first kappa shape index (κ1) is 14.7. The SMILES string of the molecule is CNC(=O)C1COCCN1c1c(F)cccc1[C@@H](C)O. The van der Waals surface area contributed by atoms with Crippen molar-refractivity contribution in [3.63, 3.8) is 0 Å². The van der Waals surface area contributed by atoms with Gasteiger partial charge in [0.15, 0.2) is 0 Å². The molecule has 0 bridgehead atoms. The lowest BCUT2D eigenvalue weighted by Crippen LogP contribution is -2.54. The predicted octanol–water partition coefficient (Wildman–Crippen LogP) is 0.830. The number of nitrogens with one attached hydrogen (secondary N) is 1. The number of benzene rings is 1. The molecule has 2 rings (SSSR count). The van der Waals surface area contributed by atoms with Gasteiger partial charge in [0.1, 0.15) is 11.9 Å². The summed E-state index contributed by atoms with van der Waals surface area (Å²) in [6, 6.07) is 3.95. The van der Waals surface area contributed by atoms with Crippen LogP contribution >= 0.6 is 0 Å². The van der Waals surface area contributed by atoms with Crippen molar-refractivity contribution in [1.29, 1.82) is 0 Å². The Kier molecular flexibility index (Phi) is 4.57. The van der Waals surface area contributed by atoms with E-state index in [1.54, 1.807) is 24.0 Å². The molecule has 0 spiro atoms. The van der Waals surface area contributed by atoms with Crippen LogP contribution in [-0.4, -0.2) is 43.9 Å². The molecular formula is C14H19FN2O3. The summed E-state index contributed by atoms with van der Waals surface area (Å²) in [6.45, 7) is 2.60. The van der Waals surface area contributed by atoms with Crippen LogP contribution in [0.5, 0.6) is 0 Å². The highest BCUT2D eigenvalue weighted by Gasteiger charge is 2.32. The van der Waals surface area contributed by atoms with Gasteiger partial charge in [0.25, 0.3) is 0 Å². The molecule has 2 atom stereocenters. The lowest BCUT2D eigenvalue weighted by molar-refractivity contribution is -0.124. The van der Waals surface area contributed by atoms with E-state index < -0.39 is 18.0 Å². The lowest BCUT2D eigenvalue weighted by Gasteiger charge is -2.37. The molecule has 6 heteroatoms. The minimum atomic E-state index is -0.811. The molecule has 1 heterocycles. The van der Waals surface area contributed by atoms with Crippen molar-refractivity contribution in [3.05, 3.63) is 29.6 Å². The largest absolute Gasteiger partial charge is 0.389 e. The van der Waals surface area contributed by atoms with Gasteiger partial charge in [0.2, 0.25) is 5.91 Å². The van der Waals surface area contributed by atoms with Gasteiger partial charge in [-0.05, 0) is 13.0 Å². The second-order valence-electron chi connectivity index (χ2n) is 4.75. The normalized spacial score (nSPS) is 20.6. The third-order valence-corrected chi connectivity index (χ3v) is 3.43. The molecule has 0 saturated carbocycles. The zero-order valence-electron chi connectivity index (χ0n) is 11.6. The van der Waals surface area contributed by atoms with E-state index in [1.807, 2.05) is 0 Å². The molecular weight excluding hydrogens is 263 g/mol. The Bertz CT molecular complexity index is 493. The number of amides is 1. The molecule has 1 saturated heterocycles. The summed E-state index contributed by atoms with van der Waals surface area (Å²) in [7, 11) is 1.53. The molecule has 1 unspecified atom stereocenters. The number of halogens is 1. The lowest BCUT2D eigenvalue weighted by atomic mass is 10.0. The minimum Gasteiger partial charge on any atom is -0.389 e. The van der Waals surface area contributed by atoms with Gasteiger partial charge in [0.05, 0.1) is 25.0 Å². The van der Waals surface area contributed by atoms with E-state index in [9.17, 15) is 14.3 Å². The highest BCUT2D eigenvalue weighted by atomic mass is 19.1. The predicted molar refractivity (Wildman–Crippen MR) is 73.1 cm³/mol. The third-order valence-electron chi connectivity index (χ3n) is 3.43. The average Bonchev–Trinajstić information content (AvgIpc) is 2.46. The highest BCUT2D eigenvalue weighted by molar-refractivity contribution is 5.85. The number of anilines is 1. The third kappa shape index (κ3) is 2.76. The number of aliphatic hydroxyl groups excluding tert-OH is 1. The van der Waals surface area contributed by atoms with E-state index in [4.69, 9.17) is 4.74 Å². The van der Waals surface area contributed by atoms with Crippen molar-refractivity contribution in [3.8, 4) is 0 Å². The number of hydrogen-bond acceptors (Lipinski definition) is 4. The van der Waals surface area contributed by atoms with Crippen molar-refractivity contribution in [2.45, 2.75) is 19.1 Å². The molecule has 1 aliphatic heterocycles. The number of morpholine rings is 1. The average molecular weight is 282 g/mol. The summed E-state index contributed by atoms with van der Waals surface area (Å²) in [4.78, 5) is 13.6. The second kappa shape index (κ2) is 6.19. The maximum atomic E-state index is 14.2.